The fourth-order valence-corrected chi connectivity index (χ4v) is 3.48. The van der Waals surface area contributed by atoms with Crippen LogP contribution in [0.25, 0.3) is 0 Å². The van der Waals surface area contributed by atoms with Crippen LogP contribution >= 0.6 is 0 Å². The zero-order chi connectivity index (χ0) is 22.7. The summed E-state index contributed by atoms with van der Waals surface area (Å²) in [7, 11) is 3.34. The van der Waals surface area contributed by atoms with Gasteiger partial charge in [0, 0.05) is 43.0 Å². The van der Waals surface area contributed by atoms with E-state index in [1.54, 1.807) is 62.6 Å². The second kappa shape index (κ2) is 8.93. The molecule has 1 atom stereocenters. The number of carbonyl (C=O) groups excluding carboxylic acids is 3. The fourth-order valence-electron chi connectivity index (χ4n) is 3.48. The summed E-state index contributed by atoms with van der Waals surface area (Å²) >= 11 is 0. The molecular weight excluding hydrogens is 406 g/mol. The number of anilines is 2. The van der Waals surface area contributed by atoms with Gasteiger partial charge in [-0.1, -0.05) is 30.3 Å². The molecule has 0 aromatic heterocycles. The minimum atomic E-state index is -0.609. The summed E-state index contributed by atoms with van der Waals surface area (Å²) in [6.45, 7) is 0. The van der Waals surface area contributed by atoms with Crippen LogP contribution in [-0.2, 0) is 11.2 Å². The van der Waals surface area contributed by atoms with Crippen molar-refractivity contribution in [1.82, 2.24) is 4.90 Å². The number of nitrogens with zero attached hydrogens (tertiary/aromatic N) is 1. The summed E-state index contributed by atoms with van der Waals surface area (Å²) in [5.41, 5.74) is 2.86. The predicted octanol–water partition coefficient (Wildman–Crippen LogP) is 3.58. The first-order valence-electron chi connectivity index (χ1n) is 10.2. The Morgan fingerprint density at radius 2 is 1.50 bits per heavy atom. The molecular formula is C25H23N3O4. The van der Waals surface area contributed by atoms with Crippen molar-refractivity contribution in [2.45, 2.75) is 12.5 Å². The van der Waals surface area contributed by atoms with E-state index < -0.39 is 6.10 Å². The van der Waals surface area contributed by atoms with Crippen molar-refractivity contribution in [2.75, 3.05) is 24.7 Å². The lowest BCUT2D eigenvalue weighted by molar-refractivity contribution is -0.122. The quantitative estimate of drug-likeness (QED) is 0.649. The number of benzene rings is 3. The monoisotopic (exact) mass is 429 g/mol. The Hall–Kier alpha value is -4.13. The molecule has 1 unspecified atom stereocenters. The molecule has 3 aromatic carbocycles. The van der Waals surface area contributed by atoms with Gasteiger partial charge < -0.3 is 20.3 Å². The number of amides is 3. The minimum absolute atomic E-state index is 0.151. The topological polar surface area (TPSA) is 87.7 Å². The van der Waals surface area contributed by atoms with E-state index in [2.05, 4.69) is 10.6 Å². The van der Waals surface area contributed by atoms with Crippen LogP contribution in [-0.4, -0.2) is 42.8 Å². The third-order valence-electron chi connectivity index (χ3n) is 5.11. The van der Waals surface area contributed by atoms with Crippen molar-refractivity contribution in [2.24, 2.45) is 0 Å². The number of fused-ring (bicyclic) bond motifs is 1. The normalized spacial score (nSPS) is 14.1. The summed E-state index contributed by atoms with van der Waals surface area (Å²) in [4.78, 5) is 39.0. The van der Waals surface area contributed by atoms with Crippen molar-refractivity contribution in [3.63, 3.8) is 0 Å². The molecule has 1 aliphatic heterocycles. The first-order chi connectivity index (χ1) is 15.4. The molecule has 0 spiro atoms. The van der Waals surface area contributed by atoms with Crippen LogP contribution in [0.5, 0.6) is 5.75 Å². The van der Waals surface area contributed by atoms with E-state index >= 15 is 0 Å². The minimum Gasteiger partial charge on any atom is -0.480 e. The third-order valence-corrected chi connectivity index (χ3v) is 5.11. The molecule has 1 heterocycles. The molecule has 2 N–H and O–H groups in total. The van der Waals surface area contributed by atoms with Crippen molar-refractivity contribution < 1.29 is 19.1 Å². The first kappa shape index (κ1) is 21.1. The molecule has 0 aliphatic carbocycles. The second-order valence-corrected chi connectivity index (χ2v) is 7.72. The van der Waals surface area contributed by atoms with Crippen molar-refractivity contribution in [1.29, 1.82) is 0 Å². The molecule has 7 nitrogen and oxygen atoms in total. The Labute approximate surface area is 186 Å². The van der Waals surface area contributed by atoms with Crippen LogP contribution in [0.4, 0.5) is 11.4 Å². The van der Waals surface area contributed by atoms with Crippen LogP contribution in [0.15, 0.2) is 72.8 Å². The van der Waals surface area contributed by atoms with Crippen LogP contribution in [0.2, 0.25) is 0 Å². The number of hydrogen-bond acceptors (Lipinski definition) is 4. The Bertz CT molecular complexity index is 1160. The van der Waals surface area contributed by atoms with E-state index in [0.29, 0.717) is 28.9 Å². The highest BCUT2D eigenvalue weighted by molar-refractivity contribution is 6.06. The Kier molecular flexibility index (Phi) is 5.89. The van der Waals surface area contributed by atoms with Crippen molar-refractivity contribution in [3.05, 3.63) is 89.5 Å². The van der Waals surface area contributed by atoms with Crippen LogP contribution < -0.4 is 15.4 Å². The SMILES string of the molecule is CN(C)C(=O)c1cccc(NC(=O)c2cccc(NC(=O)C3Cc4ccccc4O3)c2)c1. The van der Waals surface area contributed by atoms with Gasteiger partial charge >= 0.3 is 0 Å². The summed E-state index contributed by atoms with van der Waals surface area (Å²) in [5, 5.41) is 5.61. The highest BCUT2D eigenvalue weighted by Gasteiger charge is 2.28. The van der Waals surface area contributed by atoms with E-state index in [1.165, 1.54) is 4.90 Å². The molecule has 0 bridgehead atoms. The highest BCUT2D eigenvalue weighted by Crippen LogP contribution is 2.28. The average molecular weight is 429 g/mol. The highest BCUT2D eigenvalue weighted by atomic mass is 16.5. The maximum atomic E-state index is 12.7. The van der Waals surface area contributed by atoms with Gasteiger partial charge in [0.1, 0.15) is 5.75 Å². The smallest absolute Gasteiger partial charge is 0.265 e. The summed E-state index contributed by atoms with van der Waals surface area (Å²) < 4.78 is 5.72. The molecule has 3 amide bonds. The Balaban J connectivity index is 1.42. The summed E-state index contributed by atoms with van der Waals surface area (Å²) in [5.74, 6) is -0.0495. The van der Waals surface area contributed by atoms with Gasteiger partial charge in [0.15, 0.2) is 6.10 Å². The van der Waals surface area contributed by atoms with Gasteiger partial charge in [-0.2, -0.15) is 0 Å². The second-order valence-electron chi connectivity index (χ2n) is 7.72. The van der Waals surface area contributed by atoms with Gasteiger partial charge in [0.05, 0.1) is 0 Å². The number of para-hydroxylation sites is 1. The Morgan fingerprint density at radius 1 is 0.844 bits per heavy atom. The molecule has 0 saturated carbocycles. The van der Waals surface area contributed by atoms with Crippen LogP contribution in [0.1, 0.15) is 26.3 Å². The molecule has 0 fully saturated rings. The number of hydrogen-bond donors (Lipinski definition) is 2. The van der Waals surface area contributed by atoms with Crippen molar-refractivity contribution in [3.8, 4) is 5.75 Å². The number of carbonyl (C=O) groups is 3. The number of rotatable bonds is 5. The lowest BCUT2D eigenvalue weighted by Crippen LogP contribution is -2.31. The molecule has 162 valence electrons. The standard InChI is InChI=1S/C25H23N3O4/c1-28(2)25(31)18-9-6-11-20(14-18)26-23(29)17-8-5-10-19(13-17)27-24(30)22-15-16-7-3-4-12-21(16)32-22/h3-14,22H,15H2,1-2H3,(H,26,29)(H,27,30). The zero-order valence-corrected chi connectivity index (χ0v) is 17.8. The van der Waals surface area contributed by atoms with E-state index in [0.717, 1.165) is 11.3 Å². The first-order valence-corrected chi connectivity index (χ1v) is 10.2. The largest absolute Gasteiger partial charge is 0.480 e. The van der Waals surface area contributed by atoms with Gasteiger partial charge in [-0.05, 0) is 48.0 Å². The lowest BCUT2D eigenvalue weighted by Gasteiger charge is -2.13. The predicted molar refractivity (Wildman–Crippen MR) is 122 cm³/mol. The molecule has 7 heteroatoms. The van der Waals surface area contributed by atoms with E-state index in [1.807, 2.05) is 24.3 Å². The van der Waals surface area contributed by atoms with Gasteiger partial charge in [-0.25, -0.2) is 0 Å². The third kappa shape index (κ3) is 4.62. The molecule has 32 heavy (non-hydrogen) atoms. The summed E-state index contributed by atoms with van der Waals surface area (Å²) in [6.07, 6.45) is -0.105. The lowest BCUT2D eigenvalue weighted by atomic mass is 10.1. The zero-order valence-electron chi connectivity index (χ0n) is 17.8. The summed E-state index contributed by atoms with van der Waals surface area (Å²) in [6, 6.07) is 21.0. The van der Waals surface area contributed by atoms with Gasteiger partial charge in [0.2, 0.25) is 0 Å². The molecule has 4 rings (SSSR count). The fraction of sp³-hybridized carbons (Fsp3) is 0.160. The van der Waals surface area contributed by atoms with Gasteiger partial charge in [0.25, 0.3) is 17.7 Å². The number of nitrogens with one attached hydrogen (secondary N) is 2. The molecule has 0 saturated heterocycles. The molecule has 3 aromatic rings. The molecule has 1 aliphatic rings. The Morgan fingerprint density at radius 3 is 2.22 bits per heavy atom. The molecule has 0 radical (unpaired) electrons. The maximum absolute atomic E-state index is 12.7. The van der Waals surface area contributed by atoms with E-state index in [4.69, 9.17) is 4.74 Å². The van der Waals surface area contributed by atoms with Crippen LogP contribution in [0, 0.1) is 0 Å². The van der Waals surface area contributed by atoms with E-state index in [-0.39, 0.29) is 17.7 Å². The van der Waals surface area contributed by atoms with Crippen molar-refractivity contribution >= 4 is 29.1 Å². The van der Waals surface area contributed by atoms with E-state index in [9.17, 15) is 14.4 Å². The van der Waals surface area contributed by atoms with Gasteiger partial charge in [-0.15, -0.1) is 0 Å². The maximum Gasteiger partial charge on any atom is 0.265 e. The van der Waals surface area contributed by atoms with Gasteiger partial charge in [-0.3, -0.25) is 14.4 Å². The van der Waals surface area contributed by atoms with Crippen LogP contribution in [0.3, 0.4) is 0 Å². The average Bonchev–Trinajstić information content (AvgIpc) is 3.23. The number of ether oxygens (including phenoxy) is 1.